The van der Waals surface area contributed by atoms with Gasteiger partial charge in [-0.1, -0.05) is 41.9 Å². The molecule has 1 fully saturated rings. The molecular weight excluding hydrogens is 354 g/mol. The lowest BCUT2D eigenvalue weighted by Crippen LogP contribution is -2.39. The lowest BCUT2D eigenvalue weighted by molar-refractivity contribution is -0.121. The lowest BCUT2D eigenvalue weighted by Gasteiger charge is -2.20. The summed E-state index contributed by atoms with van der Waals surface area (Å²) in [5.41, 5.74) is 1.55. The van der Waals surface area contributed by atoms with Gasteiger partial charge < -0.3 is 15.0 Å². The second-order valence-corrected chi connectivity index (χ2v) is 6.30. The molecule has 1 saturated heterocycles. The van der Waals surface area contributed by atoms with E-state index in [1.165, 1.54) is 4.90 Å². The summed E-state index contributed by atoms with van der Waals surface area (Å²) in [6.45, 7) is 1.33. The Morgan fingerprint density at radius 1 is 1.15 bits per heavy atom. The number of carbonyl (C=O) groups excluding carboxylic acids is 2. The second-order valence-electron chi connectivity index (χ2n) is 5.90. The number of amides is 3. The Bertz CT molecular complexity index is 812. The van der Waals surface area contributed by atoms with Crippen LogP contribution in [-0.2, 0) is 11.3 Å². The van der Waals surface area contributed by atoms with Gasteiger partial charge >= 0.3 is 6.03 Å². The van der Waals surface area contributed by atoms with Crippen LogP contribution in [0.3, 0.4) is 0 Å². The van der Waals surface area contributed by atoms with Gasteiger partial charge in [-0.05, 0) is 23.8 Å². The molecule has 1 heterocycles. The number of nitrogens with zero attached hydrogens (tertiary/aromatic N) is 2. The molecular formula is C19H20ClN3O3. The molecule has 0 aromatic heterocycles. The fraction of sp³-hybridized carbons (Fsp3) is 0.263. The van der Waals surface area contributed by atoms with Crippen LogP contribution in [0.2, 0.25) is 5.02 Å². The average molecular weight is 374 g/mol. The molecule has 2 aromatic rings. The summed E-state index contributed by atoms with van der Waals surface area (Å²) in [6.07, 6.45) is 0. The highest BCUT2D eigenvalue weighted by atomic mass is 35.5. The maximum atomic E-state index is 12.6. The van der Waals surface area contributed by atoms with Gasteiger partial charge in [-0.15, -0.1) is 0 Å². The molecule has 3 amide bonds. The standard InChI is InChI=1S/C19H20ClN3O3/c1-26-17-9-5-4-8-16(17)23-11-10-22(19(23)25)13-18(24)21-12-14-6-2-3-7-15(14)20/h2-9H,10-13H2,1H3,(H,21,24). The normalized spacial score (nSPS) is 13.8. The maximum Gasteiger partial charge on any atom is 0.325 e. The molecule has 7 heteroatoms. The highest BCUT2D eigenvalue weighted by Crippen LogP contribution is 2.30. The van der Waals surface area contributed by atoms with Crippen molar-refractivity contribution in [2.24, 2.45) is 0 Å². The predicted molar refractivity (Wildman–Crippen MR) is 101 cm³/mol. The lowest BCUT2D eigenvalue weighted by atomic mass is 10.2. The highest BCUT2D eigenvalue weighted by molar-refractivity contribution is 6.31. The molecule has 1 N–H and O–H groups in total. The number of rotatable bonds is 6. The number of benzene rings is 2. The summed E-state index contributed by atoms with van der Waals surface area (Å²) in [6, 6.07) is 14.5. The number of methoxy groups -OCH3 is 1. The molecule has 136 valence electrons. The molecule has 0 radical (unpaired) electrons. The van der Waals surface area contributed by atoms with Crippen molar-refractivity contribution in [3.05, 3.63) is 59.1 Å². The molecule has 6 nitrogen and oxygen atoms in total. The van der Waals surface area contributed by atoms with E-state index in [0.717, 1.165) is 5.56 Å². The van der Waals surface area contributed by atoms with E-state index in [-0.39, 0.29) is 18.5 Å². The van der Waals surface area contributed by atoms with Crippen molar-refractivity contribution in [1.29, 1.82) is 0 Å². The third-order valence-electron chi connectivity index (χ3n) is 4.24. The Labute approximate surface area is 157 Å². The van der Waals surface area contributed by atoms with Crippen LogP contribution in [0.15, 0.2) is 48.5 Å². The van der Waals surface area contributed by atoms with Gasteiger partial charge in [0.15, 0.2) is 0 Å². The van der Waals surface area contributed by atoms with Crippen LogP contribution in [0.1, 0.15) is 5.56 Å². The molecule has 0 bridgehead atoms. The Morgan fingerprint density at radius 2 is 1.88 bits per heavy atom. The Balaban J connectivity index is 1.58. The molecule has 26 heavy (non-hydrogen) atoms. The van der Waals surface area contributed by atoms with E-state index in [4.69, 9.17) is 16.3 Å². The van der Waals surface area contributed by atoms with Gasteiger partial charge in [-0.25, -0.2) is 4.79 Å². The highest BCUT2D eigenvalue weighted by Gasteiger charge is 2.32. The summed E-state index contributed by atoms with van der Waals surface area (Å²) in [5.74, 6) is 0.408. The Kier molecular flexibility index (Phi) is 5.63. The first kappa shape index (κ1) is 18.1. The first-order valence-corrected chi connectivity index (χ1v) is 8.67. The van der Waals surface area contributed by atoms with Crippen LogP contribution in [0.25, 0.3) is 0 Å². The first-order chi connectivity index (χ1) is 12.6. The van der Waals surface area contributed by atoms with Crippen molar-refractivity contribution in [3.8, 4) is 5.75 Å². The minimum Gasteiger partial charge on any atom is -0.495 e. The molecule has 0 unspecified atom stereocenters. The minimum atomic E-state index is -0.222. The molecule has 0 spiro atoms. The zero-order valence-corrected chi connectivity index (χ0v) is 15.2. The zero-order valence-electron chi connectivity index (χ0n) is 14.4. The summed E-state index contributed by atoms with van der Waals surface area (Å²) < 4.78 is 5.32. The number of urea groups is 1. The van der Waals surface area contributed by atoms with Crippen LogP contribution in [0.5, 0.6) is 5.75 Å². The van der Waals surface area contributed by atoms with Crippen molar-refractivity contribution in [2.75, 3.05) is 31.6 Å². The summed E-state index contributed by atoms with van der Waals surface area (Å²) in [5, 5.41) is 3.41. The van der Waals surface area contributed by atoms with E-state index in [0.29, 0.717) is 36.1 Å². The van der Waals surface area contributed by atoms with Gasteiger partial charge in [0.1, 0.15) is 12.3 Å². The van der Waals surface area contributed by atoms with Crippen molar-refractivity contribution in [1.82, 2.24) is 10.2 Å². The molecule has 0 atom stereocenters. The van der Waals surface area contributed by atoms with Gasteiger partial charge in [0.2, 0.25) is 5.91 Å². The van der Waals surface area contributed by atoms with Gasteiger partial charge in [0.05, 0.1) is 12.8 Å². The van der Waals surface area contributed by atoms with Crippen LogP contribution in [0.4, 0.5) is 10.5 Å². The van der Waals surface area contributed by atoms with Gasteiger partial charge in [0.25, 0.3) is 0 Å². The molecule has 0 saturated carbocycles. The summed E-state index contributed by atoms with van der Waals surface area (Å²) in [4.78, 5) is 28.0. The fourth-order valence-corrected chi connectivity index (χ4v) is 3.07. The molecule has 1 aliphatic heterocycles. The number of halogens is 1. The summed E-state index contributed by atoms with van der Waals surface area (Å²) in [7, 11) is 1.57. The second kappa shape index (κ2) is 8.10. The van der Waals surface area contributed by atoms with E-state index >= 15 is 0 Å². The van der Waals surface area contributed by atoms with Crippen molar-refractivity contribution < 1.29 is 14.3 Å². The minimum absolute atomic E-state index is 0.00886. The van der Waals surface area contributed by atoms with Crippen LogP contribution in [0, 0.1) is 0 Å². The van der Waals surface area contributed by atoms with Crippen molar-refractivity contribution in [3.63, 3.8) is 0 Å². The number of anilines is 1. The molecule has 3 rings (SSSR count). The van der Waals surface area contributed by atoms with Gasteiger partial charge in [-0.2, -0.15) is 0 Å². The average Bonchev–Trinajstić information content (AvgIpc) is 3.01. The largest absolute Gasteiger partial charge is 0.495 e. The molecule has 2 aromatic carbocycles. The van der Waals surface area contributed by atoms with E-state index in [2.05, 4.69) is 5.32 Å². The SMILES string of the molecule is COc1ccccc1N1CCN(CC(=O)NCc2ccccc2Cl)C1=O. The van der Waals surface area contributed by atoms with E-state index < -0.39 is 0 Å². The van der Waals surface area contributed by atoms with E-state index in [1.807, 2.05) is 42.5 Å². The van der Waals surface area contributed by atoms with Crippen LogP contribution < -0.4 is 15.0 Å². The number of hydrogen-bond donors (Lipinski definition) is 1. The fourth-order valence-electron chi connectivity index (χ4n) is 2.87. The van der Waals surface area contributed by atoms with Crippen LogP contribution >= 0.6 is 11.6 Å². The van der Waals surface area contributed by atoms with Gasteiger partial charge in [0, 0.05) is 24.7 Å². The summed E-state index contributed by atoms with van der Waals surface area (Å²) >= 11 is 6.08. The molecule has 1 aliphatic rings. The monoisotopic (exact) mass is 373 g/mol. The topological polar surface area (TPSA) is 61.9 Å². The Morgan fingerprint density at radius 3 is 2.65 bits per heavy atom. The number of nitrogens with one attached hydrogen (secondary N) is 1. The predicted octanol–water partition coefficient (Wildman–Crippen LogP) is 2.91. The quantitative estimate of drug-likeness (QED) is 0.846. The number of hydrogen-bond acceptors (Lipinski definition) is 3. The maximum absolute atomic E-state index is 12.6. The van der Waals surface area contributed by atoms with E-state index in [9.17, 15) is 9.59 Å². The van der Waals surface area contributed by atoms with Crippen molar-refractivity contribution >= 4 is 29.2 Å². The third kappa shape index (κ3) is 3.91. The molecule has 0 aliphatic carbocycles. The Hall–Kier alpha value is -2.73. The van der Waals surface area contributed by atoms with Crippen molar-refractivity contribution in [2.45, 2.75) is 6.54 Å². The smallest absolute Gasteiger partial charge is 0.325 e. The van der Waals surface area contributed by atoms with Gasteiger partial charge in [-0.3, -0.25) is 9.69 Å². The van der Waals surface area contributed by atoms with E-state index in [1.54, 1.807) is 18.1 Å². The number of carbonyl (C=O) groups is 2. The third-order valence-corrected chi connectivity index (χ3v) is 4.61. The number of para-hydroxylation sites is 2. The first-order valence-electron chi connectivity index (χ1n) is 8.29. The van der Waals surface area contributed by atoms with Crippen LogP contribution in [-0.4, -0.2) is 43.6 Å². The number of ether oxygens (including phenoxy) is 1. The zero-order chi connectivity index (χ0) is 18.5.